The number of carbonyl (C=O) groups is 1. The van der Waals surface area contributed by atoms with Crippen LogP contribution in [0.2, 0.25) is 0 Å². The lowest BCUT2D eigenvalue weighted by molar-refractivity contribution is 0.0429. The van der Waals surface area contributed by atoms with Gasteiger partial charge in [-0.15, -0.1) is 0 Å². The standard InChI is InChI=1S/C18H14F2N2O3S/c1-11-2-4-12(5-3-11)16-21-15(25-22-16)10-24-17(23)13-6-8-14(9-7-13)26-18(19)20/h2-9,18H,10H2,1H3. The quantitative estimate of drug-likeness (QED) is 0.458. The van der Waals surface area contributed by atoms with E-state index in [9.17, 15) is 13.6 Å². The molecule has 0 saturated carbocycles. The maximum atomic E-state index is 12.3. The van der Waals surface area contributed by atoms with Crippen LogP contribution < -0.4 is 0 Å². The highest BCUT2D eigenvalue weighted by Crippen LogP contribution is 2.25. The van der Waals surface area contributed by atoms with E-state index < -0.39 is 11.7 Å². The molecule has 0 amide bonds. The van der Waals surface area contributed by atoms with E-state index in [0.717, 1.165) is 11.1 Å². The van der Waals surface area contributed by atoms with Gasteiger partial charge in [-0.1, -0.05) is 46.7 Å². The lowest BCUT2D eigenvalue weighted by Crippen LogP contribution is -2.05. The first-order chi connectivity index (χ1) is 12.5. The Kier molecular flexibility index (Phi) is 5.62. The van der Waals surface area contributed by atoms with Gasteiger partial charge >= 0.3 is 5.97 Å². The Morgan fingerprint density at radius 2 is 1.85 bits per heavy atom. The lowest BCUT2D eigenvalue weighted by atomic mass is 10.1. The van der Waals surface area contributed by atoms with Crippen LogP contribution in [0.1, 0.15) is 21.8 Å². The molecule has 26 heavy (non-hydrogen) atoms. The van der Waals surface area contributed by atoms with E-state index in [1.165, 1.54) is 24.3 Å². The molecule has 0 aliphatic rings. The van der Waals surface area contributed by atoms with Crippen LogP contribution >= 0.6 is 11.8 Å². The maximum Gasteiger partial charge on any atom is 0.338 e. The first kappa shape index (κ1) is 18.1. The molecule has 2 aromatic carbocycles. The molecule has 0 saturated heterocycles. The first-order valence-corrected chi connectivity index (χ1v) is 8.51. The summed E-state index contributed by atoms with van der Waals surface area (Å²) >= 11 is 0.412. The van der Waals surface area contributed by atoms with Crippen molar-refractivity contribution in [3.8, 4) is 11.4 Å². The predicted octanol–water partition coefficient (Wildman–Crippen LogP) is 4.72. The number of rotatable bonds is 6. The van der Waals surface area contributed by atoms with Gasteiger partial charge in [0.25, 0.3) is 11.6 Å². The average Bonchev–Trinajstić information content (AvgIpc) is 3.09. The van der Waals surface area contributed by atoms with Crippen LogP contribution in [-0.2, 0) is 11.3 Å². The Morgan fingerprint density at radius 3 is 2.50 bits per heavy atom. The third kappa shape index (κ3) is 4.66. The number of halogens is 2. The summed E-state index contributed by atoms with van der Waals surface area (Å²) in [6, 6.07) is 13.3. The second kappa shape index (κ2) is 8.09. The molecule has 0 atom stereocenters. The number of carbonyl (C=O) groups excluding carboxylic acids is 1. The van der Waals surface area contributed by atoms with E-state index in [1.807, 2.05) is 31.2 Å². The molecule has 134 valence electrons. The number of benzene rings is 2. The van der Waals surface area contributed by atoms with Gasteiger partial charge in [-0.3, -0.25) is 0 Å². The molecule has 1 aromatic heterocycles. The molecule has 1 heterocycles. The van der Waals surface area contributed by atoms with E-state index in [0.29, 0.717) is 22.5 Å². The molecule has 3 rings (SSSR count). The number of nitrogens with zero attached hydrogens (tertiary/aromatic N) is 2. The Bertz CT molecular complexity index is 880. The monoisotopic (exact) mass is 376 g/mol. The third-order valence-corrected chi connectivity index (χ3v) is 4.14. The minimum atomic E-state index is -2.51. The van der Waals surface area contributed by atoms with Crippen LogP contribution in [0.4, 0.5) is 8.78 Å². The van der Waals surface area contributed by atoms with Crippen molar-refractivity contribution < 1.29 is 22.8 Å². The van der Waals surface area contributed by atoms with Crippen molar-refractivity contribution in [3.05, 3.63) is 65.5 Å². The van der Waals surface area contributed by atoms with Gasteiger partial charge in [0.05, 0.1) is 5.56 Å². The molecule has 5 nitrogen and oxygen atoms in total. The van der Waals surface area contributed by atoms with Gasteiger partial charge in [0.15, 0.2) is 6.61 Å². The highest BCUT2D eigenvalue weighted by Gasteiger charge is 2.13. The zero-order chi connectivity index (χ0) is 18.5. The van der Waals surface area contributed by atoms with Gasteiger partial charge < -0.3 is 9.26 Å². The summed E-state index contributed by atoms with van der Waals surface area (Å²) in [6.07, 6.45) is 0. The second-order valence-electron chi connectivity index (χ2n) is 5.36. The van der Waals surface area contributed by atoms with Crippen LogP contribution in [0.3, 0.4) is 0 Å². The summed E-state index contributed by atoms with van der Waals surface area (Å²) < 4.78 is 34.7. The zero-order valence-corrected chi connectivity index (χ0v) is 14.5. The fourth-order valence-corrected chi connectivity index (χ4v) is 2.62. The Morgan fingerprint density at radius 1 is 1.15 bits per heavy atom. The minimum Gasteiger partial charge on any atom is -0.452 e. The van der Waals surface area contributed by atoms with E-state index >= 15 is 0 Å². The zero-order valence-electron chi connectivity index (χ0n) is 13.7. The SMILES string of the molecule is Cc1ccc(-c2noc(COC(=O)c3ccc(SC(F)F)cc3)n2)cc1. The van der Waals surface area contributed by atoms with Crippen molar-refractivity contribution >= 4 is 17.7 Å². The highest BCUT2D eigenvalue weighted by molar-refractivity contribution is 7.99. The van der Waals surface area contributed by atoms with Crippen LogP contribution in [0.5, 0.6) is 0 Å². The number of aryl methyl sites for hydroxylation is 1. The third-order valence-electron chi connectivity index (χ3n) is 3.42. The smallest absolute Gasteiger partial charge is 0.338 e. The highest BCUT2D eigenvalue weighted by atomic mass is 32.2. The van der Waals surface area contributed by atoms with Crippen LogP contribution in [0, 0.1) is 6.92 Å². The van der Waals surface area contributed by atoms with E-state index in [2.05, 4.69) is 10.1 Å². The van der Waals surface area contributed by atoms with Crippen molar-refractivity contribution in [2.75, 3.05) is 0 Å². The van der Waals surface area contributed by atoms with Crippen molar-refractivity contribution in [1.29, 1.82) is 0 Å². The summed E-state index contributed by atoms with van der Waals surface area (Å²) in [5, 5.41) is 3.85. The molecule has 0 unspecified atom stereocenters. The molecule has 0 aliphatic heterocycles. The summed E-state index contributed by atoms with van der Waals surface area (Å²) in [4.78, 5) is 16.6. The maximum absolute atomic E-state index is 12.3. The molecule has 0 N–H and O–H groups in total. The molecule has 0 radical (unpaired) electrons. The number of hydrogen-bond acceptors (Lipinski definition) is 6. The number of ether oxygens (including phenoxy) is 1. The average molecular weight is 376 g/mol. The lowest BCUT2D eigenvalue weighted by Gasteiger charge is -2.03. The van der Waals surface area contributed by atoms with Gasteiger partial charge in [0.1, 0.15) is 0 Å². The van der Waals surface area contributed by atoms with Crippen LogP contribution in [-0.4, -0.2) is 21.9 Å². The number of hydrogen-bond donors (Lipinski definition) is 0. The summed E-state index contributed by atoms with van der Waals surface area (Å²) in [5.74, 6) is -2.54. The number of thioether (sulfide) groups is 1. The topological polar surface area (TPSA) is 65.2 Å². The van der Waals surface area contributed by atoms with E-state index in [-0.39, 0.29) is 18.1 Å². The fraction of sp³-hybridized carbons (Fsp3) is 0.167. The van der Waals surface area contributed by atoms with E-state index in [1.54, 1.807) is 0 Å². The van der Waals surface area contributed by atoms with Crippen molar-refractivity contribution in [2.24, 2.45) is 0 Å². The van der Waals surface area contributed by atoms with Gasteiger partial charge in [0.2, 0.25) is 5.82 Å². The summed E-state index contributed by atoms with van der Waals surface area (Å²) in [7, 11) is 0. The Hall–Kier alpha value is -2.74. The second-order valence-corrected chi connectivity index (χ2v) is 6.42. The van der Waals surface area contributed by atoms with Crippen molar-refractivity contribution in [1.82, 2.24) is 10.1 Å². The fourth-order valence-electron chi connectivity index (χ4n) is 2.12. The normalized spacial score (nSPS) is 10.9. The van der Waals surface area contributed by atoms with Gasteiger partial charge in [-0.25, -0.2) is 4.79 Å². The molecule has 0 bridgehead atoms. The van der Waals surface area contributed by atoms with E-state index in [4.69, 9.17) is 9.26 Å². The van der Waals surface area contributed by atoms with Gasteiger partial charge in [-0.05, 0) is 31.2 Å². The number of esters is 1. The minimum absolute atomic E-state index is 0.166. The molecular formula is C18H14F2N2O3S. The van der Waals surface area contributed by atoms with Crippen LogP contribution in [0.15, 0.2) is 57.9 Å². The van der Waals surface area contributed by atoms with Gasteiger partial charge in [-0.2, -0.15) is 13.8 Å². The Labute approximate surface area is 152 Å². The molecule has 0 aliphatic carbocycles. The van der Waals surface area contributed by atoms with Crippen LogP contribution in [0.25, 0.3) is 11.4 Å². The Balaban J connectivity index is 1.58. The predicted molar refractivity (Wildman–Crippen MR) is 91.9 cm³/mol. The molecule has 0 spiro atoms. The van der Waals surface area contributed by atoms with Crippen molar-refractivity contribution in [2.45, 2.75) is 24.2 Å². The number of alkyl halides is 2. The van der Waals surface area contributed by atoms with Crippen molar-refractivity contribution in [3.63, 3.8) is 0 Å². The summed E-state index contributed by atoms with van der Waals surface area (Å²) in [5.41, 5.74) is 2.16. The van der Waals surface area contributed by atoms with Gasteiger partial charge in [0, 0.05) is 10.5 Å². The summed E-state index contributed by atoms with van der Waals surface area (Å²) in [6.45, 7) is 1.80. The molecule has 8 heteroatoms. The first-order valence-electron chi connectivity index (χ1n) is 7.63. The molecule has 0 fully saturated rings. The molecular weight excluding hydrogens is 362 g/mol. The largest absolute Gasteiger partial charge is 0.452 e. The number of aromatic nitrogens is 2. The molecule has 3 aromatic rings.